The van der Waals surface area contributed by atoms with Gasteiger partial charge in [-0.2, -0.15) is 39.9 Å². The molecule has 2 aromatic carbocycles. The maximum atomic E-state index is 13.0. The molecule has 178 valence electrons. The minimum atomic E-state index is -5.30. The molecule has 0 aliphatic carbocycles. The zero-order chi connectivity index (χ0) is 25.2. The quantitative estimate of drug-likeness (QED) is 0.149. The minimum Gasteiger partial charge on any atom is -0.378 e. The number of hydrazone groups is 1. The van der Waals surface area contributed by atoms with Gasteiger partial charge in [-0.05, 0) is 36.5 Å². The lowest BCUT2D eigenvalue weighted by atomic mass is 10.1. The molecule has 0 unspecified atom stereocenters. The molecule has 0 aliphatic rings. The summed E-state index contributed by atoms with van der Waals surface area (Å²) < 4.78 is 108. The Balaban J connectivity index is 2.60. The van der Waals surface area contributed by atoms with Crippen molar-refractivity contribution in [1.29, 1.82) is 0 Å². The number of rotatable bonds is 6. The summed E-state index contributed by atoms with van der Waals surface area (Å²) >= 11 is 4.48. The minimum absolute atomic E-state index is 0.0435. The highest BCUT2D eigenvalue weighted by molar-refractivity contribution is 7.87. The number of thiocarbonyl (C=S) groups is 1. The molecule has 0 fully saturated rings. The smallest absolute Gasteiger partial charge is 0.378 e. The molecule has 17 heteroatoms. The highest BCUT2D eigenvalue weighted by Gasteiger charge is 2.38. The molecule has 2 aromatic rings. The van der Waals surface area contributed by atoms with Crippen molar-refractivity contribution < 1.29 is 43.9 Å². The number of non-ortho nitro benzene ring substituents is 1. The number of nitrogens with one attached hydrogen (secondary N) is 1. The fraction of sp³-hybridized carbons (Fsp3) is 0.125. The number of hydrogen-bond donors (Lipinski definition) is 2. The number of alkyl halides is 6. The zero-order valence-corrected chi connectivity index (χ0v) is 17.3. The van der Waals surface area contributed by atoms with Crippen LogP contribution in [0.15, 0.2) is 46.4 Å². The van der Waals surface area contributed by atoms with Gasteiger partial charge in [0.15, 0.2) is 10.9 Å². The number of benzene rings is 2. The van der Waals surface area contributed by atoms with Crippen molar-refractivity contribution in [3.63, 3.8) is 0 Å². The normalized spacial score (nSPS) is 12.5. The van der Waals surface area contributed by atoms with E-state index >= 15 is 0 Å². The Morgan fingerprint density at radius 2 is 1.64 bits per heavy atom. The highest BCUT2D eigenvalue weighted by Crippen LogP contribution is 2.38. The third-order valence-corrected chi connectivity index (χ3v) is 4.94. The molecule has 0 atom stereocenters. The first kappa shape index (κ1) is 25.8. The Kier molecular flexibility index (Phi) is 7.17. The summed E-state index contributed by atoms with van der Waals surface area (Å²) in [5.41, 5.74) is 2.49. The van der Waals surface area contributed by atoms with Crippen LogP contribution in [0.3, 0.4) is 0 Å². The maximum absolute atomic E-state index is 13.0. The van der Waals surface area contributed by atoms with E-state index in [0.717, 1.165) is 24.4 Å². The zero-order valence-electron chi connectivity index (χ0n) is 15.6. The van der Waals surface area contributed by atoms with Crippen LogP contribution in [0.5, 0.6) is 5.75 Å². The summed E-state index contributed by atoms with van der Waals surface area (Å²) in [7, 11) is -5.28. The lowest BCUT2D eigenvalue weighted by Gasteiger charge is -2.15. The molecule has 0 radical (unpaired) electrons. The summed E-state index contributed by atoms with van der Waals surface area (Å²) in [6.07, 6.45) is -9.82. The van der Waals surface area contributed by atoms with E-state index in [-0.39, 0.29) is 28.9 Å². The standard InChI is InChI=1S/C16H10F6N4O5S2/c17-15(18,19)9-4-10(16(20,21)22)6-12(5-9)33(29,30)31-13-2-1-11(26(27)28)3-8(13)7-24-25-14(23)32/h1-7H,(H3,23,25,32). The van der Waals surface area contributed by atoms with Gasteiger partial charge in [0.2, 0.25) is 0 Å². The van der Waals surface area contributed by atoms with Crippen LogP contribution < -0.4 is 15.3 Å². The van der Waals surface area contributed by atoms with E-state index in [4.69, 9.17) is 5.73 Å². The van der Waals surface area contributed by atoms with Gasteiger partial charge in [0.05, 0.1) is 22.3 Å². The van der Waals surface area contributed by atoms with E-state index in [1.165, 1.54) is 0 Å². The Hall–Kier alpha value is -3.47. The molecule has 0 amide bonds. The van der Waals surface area contributed by atoms with Crippen LogP contribution in [0.2, 0.25) is 0 Å². The molecule has 0 saturated carbocycles. The summed E-state index contributed by atoms with van der Waals surface area (Å²) in [5.74, 6) is -0.694. The molecule has 33 heavy (non-hydrogen) atoms. The second-order valence-electron chi connectivity index (χ2n) is 5.99. The molecular formula is C16H10F6N4O5S2. The van der Waals surface area contributed by atoms with Crippen molar-refractivity contribution in [3.8, 4) is 5.75 Å². The third kappa shape index (κ3) is 6.75. The summed E-state index contributed by atoms with van der Waals surface area (Å²) in [4.78, 5) is 8.63. The monoisotopic (exact) mass is 516 g/mol. The van der Waals surface area contributed by atoms with Crippen LogP contribution in [-0.2, 0) is 22.5 Å². The predicted molar refractivity (Wildman–Crippen MR) is 105 cm³/mol. The van der Waals surface area contributed by atoms with Crippen molar-refractivity contribution in [2.75, 3.05) is 0 Å². The topological polar surface area (TPSA) is 137 Å². The number of hydrogen-bond acceptors (Lipinski definition) is 7. The number of nitrogens with two attached hydrogens (primary N) is 1. The summed E-state index contributed by atoms with van der Waals surface area (Å²) in [6, 6.07) is 1.98. The Labute approximate surface area is 186 Å². The van der Waals surface area contributed by atoms with Crippen LogP contribution in [0.4, 0.5) is 32.0 Å². The molecule has 0 aliphatic heterocycles. The van der Waals surface area contributed by atoms with Gasteiger partial charge in [-0.15, -0.1) is 0 Å². The predicted octanol–water partition coefficient (Wildman–Crippen LogP) is 3.57. The van der Waals surface area contributed by atoms with Gasteiger partial charge >= 0.3 is 22.5 Å². The lowest BCUT2D eigenvalue weighted by Crippen LogP contribution is -2.24. The number of nitro benzene ring substituents is 1. The molecule has 0 aromatic heterocycles. The first-order valence-corrected chi connectivity index (χ1v) is 9.93. The molecule has 2 rings (SSSR count). The summed E-state index contributed by atoms with van der Waals surface area (Å²) in [5, 5.41) is 14.1. The largest absolute Gasteiger partial charge is 0.416 e. The van der Waals surface area contributed by atoms with E-state index < -0.39 is 54.9 Å². The van der Waals surface area contributed by atoms with Crippen molar-refractivity contribution in [2.24, 2.45) is 10.8 Å². The van der Waals surface area contributed by atoms with Crippen molar-refractivity contribution in [2.45, 2.75) is 17.2 Å². The second kappa shape index (κ2) is 9.18. The van der Waals surface area contributed by atoms with E-state index in [9.17, 15) is 44.9 Å². The molecule has 9 nitrogen and oxygen atoms in total. The first-order valence-electron chi connectivity index (χ1n) is 8.11. The van der Waals surface area contributed by atoms with Crippen LogP contribution in [0, 0.1) is 10.1 Å². The van der Waals surface area contributed by atoms with Gasteiger partial charge in [-0.1, -0.05) is 0 Å². The average molecular weight is 516 g/mol. The molecular weight excluding hydrogens is 506 g/mol. The van der Waals surface area contributed by atoms with E-state index in [1.807, 2.05) is 0 Å². The van der Waals surface area contributed by atoms with E-state index in [1.54, 1.807) is 0 Å². The van der Waals surface area contributed by atoms with Crippen LogP contribution in [0.1, 0.15) is 16.7 Å². The van der Waals surface area contributed by atoms with Crippen LogP contribution >= 0.6 is 12.2 Å². The van der Waals surface area contributed by atoms with E-state index in [0.29, 0.717) is 0 Å². The van der Waals surface area contributed by atoms with Crippen molar-refractivity contribution in [3.05, 3.63) is 63.2 Å². The highest BCUT2D eigenvalue weighted by atomic mass is 32.2. The fourth-order valence-electron chi connectivity index (χ4n) is 2.23. The maximum Gasteiger partial charge on any atom is 0.416 e. The average Bonchev–Trinajstić information content (AvgIpc) is 2.66. The van der Waals surface area contributed by atoms with Gasteiger partial charge < -0.3 is 9.92 Å². The van der Waals surface area contributed by atoms with Crippen LogP contribution in [0.25, 0.3) is 0 Å². The molecule has 0 spiro atoms. The Morgan fingerprint density at radius 1 is 1.09 bits per heavy atom. The number of nitrogens with zero attached hydrogens (tertiary/aromatic N) is 2. The van der Waals surface area contributed by atoms with E-state index in [2.05, 4.69) is 26.9 Å². The lowest BCUT2D eigenvalue weighted by molar-refractivity contribution is -0.384. The Bertz CT molecular complexity index is 1200. The molecule has 0 saturated heterocycles. The van der Waals surface area contributed by atoms with Crippen LogP contribution in [-0.4, -0.2) is 24.7 Å². The third-order valence-electron chi connectivity index (χ3n) is 3.63. The second-order valence-corrected chi connectivity index (χ2v) is 7.98. The van der Waals surface area contributed by atoms with Crippen molar-refractivity contribution in [1.82, 2.24) is 5.43 Å². The van der Waals surface area contributed by atoms with Gasteiger partial charge in [-0.3, -0.25) is 15.5 Å². The number of halogens is 6. The van der Waals surface area contributed by atoms with Gasteiger partial charge in [0, 0.05) is 17.7 Å². The Morgan fingerprint density at radius 3 is 2.09 bits per heavy atom. The van der Waals surface area contributed by atoms with Crippen molar-refractivity contribution >= 4 is 39.4 Å². The molecule has 0 heterocycles. The van der Waals surface area contributed by atoms with Gasteiger partial charge in [0.1, 0.15) is 4.90 Å². The SMILES string of the molecule is NC(=S)NN=Cc1cc([N+](=O)[O-])ccc1OS(=O)(=O)c1cc(C(F)(F)F)cc(C(F)(F)F)c1. The summed E-state index contributed by atoms with van der Waals surface area (Å²) in [6.45, 7) is 0. The number of nitro groups is 1. The molecule has 0 bridgehead atoms. The van der Waals surface area contributed by atoms with Gasteiger partial charge in [-0.25, -0.2) is 0 Å². The molecule has 3 N–H and O–H groups in total. The van der Waals surface area contributed by atoms with Gasteiger partial charge in [0.25, 0.3) is 5.69 Å². The fourth-order valence-corrected chi connectivity index (χ4v) is 3.31. The first-order chi connectivity index (χ1) is 15.0.